The van der Waals surface area contributed by atoms with Crippen LogP contribution in [-0.4, -0.2) is 0 Å². The van der Waals surface area contributed by atoms with Gasteiger partial charge >= 0.3 is 5.63 Å². The van der Waals surface area contributed by atoms with Crippen molar-refractivity contribution in [3.05, 3.63) is 74.0 Å². The number of halogens is 1. The predicted molar refractivity (Wildman–Crippen MR) is 99.7 cm³/mol. The molecule has 0 aliphatic carbocycles. The van der Waals surface area contributed by atoms with Crippen LogP contribution in [0.4, 0.5) is 0 Å². The zero-order valence-electron chi connectivity index (χ0n) is 13.8. The van der Waals surface area contributed by atoms with Crippen molar-refractivity contribution in [1.82, 2.24) is 0 Å². The average Bonchev–Trinajstić information content (AvgIpc) is 2.52. The fourth-order valence-electron chi connectivity index (χ4n) is 2.84. The Balaban J connectivity index is 2.04. The van der Waals surface area contributed by atoms with Crippen LogP contribution in [0, 0.1) is 6.92 Å². The Bertz CT molecular complexity index is 928. The van der Waals surface area contributed by atoms with Crippen LogP contribution in [0.25, 0.3) is 11.0 Å². The summed E-state index contributed by atoms with van der Waals surface area (Å²) < 4.78 is 12.5. The minimum absolute atomic E-state index is 0.311. The number of benzene rings is 2. The van der Waals surface area contributed by atoms with E-state index in [9.17, 15) is 4.79 Å². The molecule has 0 radical (unpaired) electrons. The molecule has 4 heteroatoms. The molecule has 0 amide bonds. The number of ether oxygens (including phenoxy) is 1. The van der Waals surface area contributed by atoms with Crippen LogP contribution in [0.1, 0.15) is 30.0 Å². The molecule has 0 aliphatic heterocycles. The first kappa shape index (κ1) is 16.8. The van der Waals surface area contributed by atoms with Crippen LogP contribution in [0.15, 0.2) is 56.1 Å². The molecule has 3 rings (SSSR count). The van der Waals surface area contributed by atoms with Gasteiger partial charge < -0.3 is 9.15 Å². The van der Waals surface area contributed by atoms with E-state index in [-0.39, 0.29) is 5.63 Å². The van der Waals surface area contributed by atoms with Crippen molar-refractivity contribution in [2.75, 3.05) is 0 Å². The third-order valence-electron chi connectivity index (χ3n) is 3.84. The van der Waals surface area contributed by atoms with Crippen molar-refractivity contribution >= 4 is 26.9 Å². The highest BCUT2D eigenvalue weighted by atomic mass is 79.9. The van der Waals surface area contributed by atoms with E-state index >= 15 is 0 Å². The molecule has 0 aliphatic rings. The standard InChI is InChI=1S/C20H19BrO3/c1-3-5-15-11-19(22)24-18-9-13(2)8-17(20(15)18)23-12-14-6-4-7-16(21)10-14/h4,6-11H,3,5,12H2,1-2H3. The second-order valence-corrected chi connectivity index (χ2v) is 6.81. The third kappa shape index (κ3) is 3.70. The Morgan fingerprint density at radius 3 is 2.75 bits per heavy atom. The quantitative estimate of drug-likeness (QED) is 0.551. The van der Waals surface area contributed by atoms with E-state index in [0.29, 0.717) is 12.2 Å². The summed E-state index contributed by atoms with van der Waals surface area (Å²) in [6.07, 6.45) is 1.77. The second-order valence-electron chi connectivity index (χ2n) is 5.90. The second kappa shape index (κ2) is 7.22. The maximum Gasteiger partial charge on any atom is 0.336 e. The first-order valence-corrected chi connectivity index (χ1v) is 8.80. The van der Waals surface area contributed by atoms with Crippen LogP contribution >= 0.6 is 15.9 Å². The lowest BCUT2D eigenvalue weighted by Crippen LogP contribution is -2.03. The highest BCUT2D eigenvalue weighted by molar-refractivity contribution is 9.10. The van der Waals surface area contributed by atoms with Crippen LogP contribution in [0.3, 0.4) is 0 Å². The average molecular weight is 387 g/mol. The van der Waals surface area contributed by atoms with Gasteiger partial charge in [0.2, 0.25) is 0 Å². The van der Waals surface area contributed by atoms with Crippen molar-refractivity contribution in [3.8, 4) is 5.75 Å². The Labute approximate surface area is 149 Å². The lowest BCUT2D eigenvalue weighted by molar-refractivity contribution is 0.309. The molecule has 24 heavy (non-hydrogen) atoms. The highest BCUT2D eigenvalue weighted by Gasteiger charge is 2.12. The molecule has 0 spiro atoms. The summed E-state index contributed by atoms with van der Waals surface area (Å²) in [6, 6.07) is 13.5. The minimum Gasteiger partial charge on any atom is -0.488 e. The Morgan fingerprint density at radius 1 is 1.17 bits per heavy atom. The smallest absolute Gasteiger partial charge is 0.336 e. The number of aryl methyl sites for hydroxylation is 2. The summed E-state index contributed by atoms with van der Waals surface area (Å²) in [6.45, 7) is 4.53. The van der Waals surface area contributed by atoms with Crippen molar-refractivity contribution in [1.29, 1.82) is 0 Å². The third-order valence-corrected chi connectivity index (χ3v) is 4.33. The van der Waals surface area contributed by atoms with Crippen molar-refractivity contribution in [2.45, 2.75) is 33.3 Å². The van der Waals surface area contributed by atoms with Gasteiger partial charge in [-0.3, -0.25) is 0 Å². The van der Waals surface area contributed by atoms with Crippen molar-refractivity contribution < 1.29 is 9.15 Å². The van der Waals surface area contributed by atoms with E-state index in [0.717, 1.165) is 45.1 Å². The van der Waals surface area contributed by atoms with E-state index in [1.54, 1.807) is 6.07 Å². The zero-order valence-corrected chi connectivity index (χ0v) is 15.4. The normalized spacial score (nSPS) is 11.0. The van der Waals surface area contributed by atoms with E-state index in [1.165, 1.54) is 0 Å². The van der Waals surface area contributed by atoms with Gasteiger partial charge in [-0.15, -0.1) is 0 Å². The van der Waals surface area contributed by atoms with Gasteiger partial charge in [0, 0.05) is 10.5 Å². The fourth-order valence-corrected chi connectivity index (χ4v) is 3.29. The summed E-state index contributed by atoms with van der Waals surface area (Å²) in [5.41, 5.74) is 3.34. The summed E-state index contributed by atoms with van der Waals surface area (Å²) in [5, 5.41) is 0.900. The molecule has 0 fully saturated rings. The molecular formula is C20H19BrO3. The minimum atomic E-state index is -0.311. The molecule has 0 N–H and O–H groups in total. The Kier molecular flexibility index (Phi) is 5.05. The van der Waals surface area contributed by atoms with Crippen LogP contribution in [0.2, 0.25) is 0 Å². The molecule has 0 saturated heterocycles. The number of fused-ring (bicyclic) bond motifs is 1. The summed E-state index contributed by atoms with van der Waals surface area (Å²) >= 11 is 3.47. The first-order chi connectivity index (χ1) is 11.6. The summed E-state index contributed by atoms with van der Waals surface area (Å²) in [5.74, 6) is 0.761. The predicted octanol–water partition coefficient (Wildman–Crippen LogP) is 5.40. The van der Waals surface area contributed by atoms with Crippen LogP contribution in [0.5, 0.6) is 5.75 Å². The van der Waals surface area contributed by atoms with E-state index < -0.39 is 0 Å². The molecule has 0 bridgehead atoms. The molecule has 124 valence electrons. The van der Waals surface area contributed by atoms with Gasteiger partial charge in [0.05, 0.1) is 5.39 Å². The van der Waals surface area contributed by atoms with Gasteiger partial charge in [-0.25, -0.2) is 4.79 Å². The SMILES string of the molecule is CCCc1cc(=O)oc2cc(C)cc(OCc3cccc(Br)c3)c12. The number of rotatable bonds is 5. The molecule has 3 nitrogen and oxygen atoms in total. The number of hydrogen-bond donors (Lipinski definition) is 0. The molecule has 2 aromatic carbocycles. The van der Waals surface area contributed by atoms with Gasteiger partial charge in [0.15, 0.2) is 0 Å². The van der Waals surface area contributed by atoms with Gasteiger partial charge in [0.25, 0.3) is 0 Å². The summed E-state index contributed by atoms with van der Waals surface area (Å²) in [7, 11) is 0. The molecule has 0 unspecified atom stereocenters. The molecule has 0 saturated carbocycles. The Hall–Kier alpha value is -2.07. The lowest BCUT2D eigenvalue weighted by Gasteiger charge is -2.13. The van der Waals surface area contributed by atoms with E-state index in [4.69, 9.17) is 9.15 Å². The van der Waals surface area contributed by atoms with E-state index in [2.05, 4.69) is 22.9 Å². The first-order valence-electron chi connectivity index (χ1n) is 8.01. The maximum atomic E-state index is 11.8. The Morgan fingerprint density at radius 2 is 2.00 bits per heavy atom. The molecule has 3 aromatic rings. The largest absolute Gasteiger partial charge is 0.488 e. The van der Waals surface area contributed by atoms with Crippen molar-refractivity contribution in [3.63, 3.8) is 0 Å². The fraction of sp³-hybridized carbons (Fsp3) is 0.250. The van der Waals surface area contributed by atoms with E-state index in [1.807, 2.05) is 43.3 Å². The van der Waals surface area contributed by atoms with Gasteiger partial charge in [-0.2, -0.15) is 0 Å². The van der Waals surface area contributed by atoms with Crippen LogP contribution < -0.4 is 10.4 Å². The van der Waals surface area contributed by atoms with Gasteiger partial charge in [-0.1, -0.05) is 41.4 Å². The topological polar surface area (TPSA) is 39.4 Å². The van der Waals surface area contributed by atoms with Crippen molar-refractivity contribution in [2.24, 2.45) is 0 Å². The molecule has 1 aromatic heterocycles. The summed E-state index contributed by atoms with van der Waals surface area (Å²) in [4.78, 5) is 11.8. The highest BCUT2D eigenvalue weighted by Crippen LogP contribution is 2.31. The van der Waals surface area contributed by atoms with Crippen LogP contribution in [-0.2, 0) is 13.0 Å². The molecule has 1 heterocycles. The van der Waals surface area contributed by atoms with Gasteiger partial charge in [0.1, 0.15) is 17.9 Å². The maximum absolute atomic E-state index is 11.8. The zero-order chi connectivity index (χ0) is 17.1. The van der Waals surface area contributed by atoms with Gasteiger partial charge in [-0.05, 0) is 54.3 Å². The lowest BCUT2D eigenvalue weighted by atomic mass is 10.0. The molecular weight excluding hydrogens is 368 g/mol. The number of hydrogen-bond acceptors (Lipinski definition) is 3. The monoisotopic (exact) mass is 386 g/mol. The molecule has 0 atom stereocenters.